The Morgan fingerprint density at radius 1 is 1.24 bits per heavy atom. The summed E-state index contributed by atoms with van der Waals surface area (Å²) in [6.07, 6.45) is -2.57. The number of hydrogen-bond acceptors (Lipinski definition) is 3. The largest absolute Gasteiger partial charge is 0.376 e. The Morgan fingerprint density at radius 2 is 1.82 bits per heavy atom. The smallest absolute Gasteiger partial charge is 0.258 e. The van der Waals surface area contributed by atoms with Crippen molar-refractivity contribution in [1.29, 1.82) is 0 Å². The Morgan fingerprint density at radius 3 is 2.35 bits per heavy atom. The number of hydrogen-bond donors (Lipinski definition) is 2. The van der Waals surface area contributed by atoms with Crippen LogP contribution in [-0.4, -0.2) is 27.9 Å². The van der Waals surface area contributed by atoms with Gasteiger partial charge in [0.1, 0.15) is 4.90 Å². The fourth-order valence-electron chi connectivity index (χ4n) is 1.24. The summed E-state index contributed by atoms with van der Waals surface area (Å²) in [5.41, 5.74) is 0.162. The molecule has 0 fully saturated rings. The number of alkyl halides is 2. The minimum atomic E-state index is -3.66. The lowest BCUT2D eigenvalue weighted by molar-refractivity contribution is 0.130. The van der Waals surface area contributed by atoms with Gasteiger partial charge in [0, 0.05) is 0 Å². The lowest BCUT2D eigenvalue weighted by Gasteiger charge is -2.17. The third-order valence-electron chi connectivity index (χ3n) is 2.21. The van der Waals surface area contributed by atoms with E-state index in [0.717, 1.165) is 0 Å². The second-order valence-corrected chi connectivity index (χ2v) is 5.33. The van der Waals surface area contributed by atoms with Crippen molar-refractivity contribution in [3.8, 4) is 0 Å². The van der Waals surface area contributed by atoms with Crippen LogP contribution in [0.4, 0.5) is 14.5 Å². The normalized spacial score (nSPS) is 13.7. The molecule has 0 amide bonds. The topological polar surface area (TPSA) is 58.2 Å². The number of anilines is 1. The Labute approximate surface area is 99.1 Å². The zero-order chi connectivity index (χ0) is 13.1. The molecule has 0 saturated heterocycles. The molecule has 0 saturated carbocycles. The summed E-state index contributed by atoms with van der Waals surface area (Å²) in [5, 5.41) is 2.48. The average Bonchev–Trinajstić information content (AvgIpc) is 2.29. The van der Waals surface area contributed by atoms with Crippen molar-refractivity contribution < 1.29 is 17.2 Å². The van der Waals surface area contributed by atoms with Gasteiger partial charge in [0.25, 0.3) is 6.43 Å². The van der Waals surface area contributed by atoms with Gasteiger partial charge in [0.2, 0.25) is 10.0 Å². The van der Waals surface area contributed by atoms with Crippen LogP contribution in [-0.2, 0) is 10.0 Å². The molecule has 1 rings (SSSR count). The first-order valence-corrected chi connectivity index (χ1v) is 6.44. The molecule has 2 N–H and O–H groups in total. The second kappa shape index (κ2) is 5.42. The van der Waals surface area contributed by atoms with Gasteiger partial charge in [-0.15, -0.1) is 0 Å². The molecule has 0 aromatic heterocycles. The number of para-hydroxylation sites is 1. The fraction of sp³-hybridized carbons (Fsp3) is 0.400. The first-order chi connectivity index (χ1) is 7.88. The molecule has 7 heteroatoms. The predicted molar refractivity (Wildman–Crippen MR) is 61.8 cm³/mol. The molecule has 1 atom stereocenters. The number of halogens is 2. The van der Waals surface area contributed by atoms with E-state index in [0.29, 0.717) is 0 Å². The Kier molecular flexibility index (Phi) is 4.41. The Hall–Kier alpha value is -1.21. The van der Waals surface area contributed by atoms with Crippen LogP contribution in [0.1, 0.15) is 6.92 Å². The Bertz CT molecular complexity index is 477. The maximum atomic E-state index is 12.4. The summed E-state index contributed by atoms with van der Waals surface area (Å²) in [6, 6.07) is 4.79. The third kappa shape index (κ3) is 3.37. The van der Waals surface area contributed by atoms with Crippen LogP contribution >= 0.6 is 0 Å². The molecule has 0 aliphatic heterocycles. The van der Waals surface area contributed by atoms with Crippen LogP contribution in [0.3, 0.4) is 0 Å². The number of sulfonamides is 1. The van der Waals surface area contributed by atoms with E-state index in [2.05, 4.69) is 10.0 Å². The maximum absolute atomic E-state index is 12.4. The summed E-state index contributed by atoms with van der Waals surface area (Å²) in [6.45, 7) is 1.29. The van der Waals surface area contributed by atoms with Crippen LogP contribution < -0.4 is 10.0 Å². The van der Waals surface area contributed by atoms with Crippen molar-refractivity contribution >= 4 is 15.7 Å². The van der Waals surface area contributed by atoms with Gasteiger partial charge in [0.15, 0.2) is 0 Å². The highest BCUT2D eigenvalue weighted by Crippen LogP contribution is 2.22. The molecule has 0 spiro atoms. The minimum absolute atomic E-state index is 0.0463. The molecule has 4 nitrogen and oxygen atoms in total. The van der Waals surface area contributed by atoms with E-state index in [9.17, 15) is 17.2 Å². The van der Waals surface area contributed by atoms with Gasteiger partial charge >= 0.3 is 0 Å². The molecule has 0 radical (unpaired) electrons. The predicted octanol–water partition coefficient (Wildman–Crippen LogP) is 1.66. The molecule has 0 heterocycles. The number of nitrogens with one attached hydrogen (secondary N) is 2. The molecule has 0 aliphatic carbocycles. The summed E-state index contributed by atoms with van der Waals surface area (Å²) in [4.78, 5) is -0.0463. The van der Waals surface area contributed by atoms with Crippen molar-refractivity contribution in [2.24, 2.45) is 0 Å². The summed E-state index contributed by atoms with van der Waals surface area (Å²) >= 11 is 0. The van der Waals surface area contributed by atoms with Crippen LogP contribution in [0.15, 0.2) is 29.2 Å². The molecular formula is C10H14F2N2O2S. The lowest BCUT2D eigenvalue weighted by atomic mass is 10.2. The fourth-order valence-corrected chi connectivity index (χ4v) is 2.13. The van der Waals surface area contributed by atoms with Crippen LogP contribution in [0.2, 0.25) is 0 Å². The highest BCUT2D eigenvalue weighted by Gasteiger charge is 2.20. The van der Waals surface area contributed by atoms with Gasteiger partial charge in [-0.2, -0.15) is 0 Å². The number of benzene rings is 1. The minimum Gasteiger partial charge on any atom is -0.376 e. The third-order valence-corrected chi connectivity index (χ3v) is 3.68. The van der Waals surface area contributed by atoms with Crippen molar-refractivity contribution in [2.45, 2.75) is 24.3 Å². The van der Waals surface area contributed by atoms with E-state index in [1.807, 2.05) is 0 Å². The zero-order valence-corrected chi connectivity index (χ0v) is 10.3. The zero-order valence-electron chi connectivity index (χ0n) is 9.44. The number of rotatable bonds is 5. The van der Waals surface area contributed by atoms with E-state index in [1.54, 1.807) is 6.07 Å². The molecule has 17 heavy (non-hydrogen) atoms. The van der Waals surface area contributed by atoms with Gasteiger partial charge in [-0.3, -0.25) is 0 Å². The lowest BCUT2D eigenvalue weighted by Crippen LogP contribution is -2.26. The van der Waals surface area contributed by atoms with Crippen LogP contribution in [0, 0.1) is 0 Å². The van der Waals surface area contributed by atoms with E-state index >= 15 is 0 Å². The van der Waals surface area contributed by atoms with Crippen molar-refractivity contribution in [2.75, 3.05) is 12.4 Å². The van der Waals surface area contributed by atoms with Gasteiger partial charge < -0.3 is 5.32 Å². The van der Waals surface area contributed by atoms with Gasteiger partial charge in [-0.25, -0.2) is 21.9 Å². The molecule has 0 aliphatic rings. The van der Waals surface area contributed by atoms with Crippen molar-refractivity contribution in [1.82, 2.24) is 4.72 Å². The molecule has 1 aromatic rings. The second-order valence-electron chi connectivity index (χ2n) is 3.47. The van der Waals surface area contributed by atoms with Gasteiger partial charge in [-0.05, 0) is 26.1 Å². The van der Waals surface area contributed by atoms with E-state index in [4.69, 9.17) is 0 Å². The molecule has 1 unspecified atom stereocenters. The molecular weight excluding hydrogens is 250 g/mol. The SMILES string of the molecule is CNS(=O)(=O)c1ccccc1NC(C)C(F)F. The van der Waals surface area contributed by atoms with Crippen LogP contribution in [0.5, 0.6) is 0 Å². The van der Waals surface area contributed by atoms with Crippen molar-refractivity contribution in [3.63, 3.8) is 0 Å². The summed E-state index contributed by atoms with van der Waals surface area (Å²) < 4.78 is 50.2. The quantitative estimate of drug-likeness (QED) is 0.850. The van der Waals surface area contributed by atoms with E-state index in [1.165, 1.54) is 32.2 Å². The molecule has 0 bridgehead atoms. The Balaban J connectivity index is 3.09. The summed E-state index contributed by atoms with van der Waals surface area (Å²) in [7, 11) is -2.39. The highest BCUT2D eigenvalue weighted by atomic mass is 32.2. The molecule has 1 aromatic carbocycles. The average molecular weight is 264 g/mol. The summed E-state index contributed by atoms with van der Waals surface area (Å²) in [5.74, 6) is 0. The monoisotopic (exact) mass is 264 g/mol. The standard InChI is InChI=1S/C10H14F2N2O2S/c1-7(10(11)12)14-8-5-3-4-6-9(8)17(15,16)13-2/h3-7,10,13-14H,1-2H3. The molecule has 96 valence electrons. The maximum Gasteiger partial charge on any atom is 0.258 e. The van der Waals surface area contributed by atoms with E-state index in [-0.39, 0.29) is 10.6 Å². The highest BCUT2D eigenvalue weighted by molar-refractivity contribution is 7.89. The first kappa shape index (κ1) is 13.9. The van der Waals surface area contributed by atoms with Gasteiger partial charge in [0.05, 0.1) is 11.7 Å². The van der Waals surface area contributed by atoms with Crippen LogP contribution in [0.25, 0.3) is 0 Å². The first-order valence-electron chi connectivity index (χ1n) is 4.95. The van der Waals surface area contributed by atoms with Gasteiger partial charge in [-0.1, -0.05) is 12.1 Å². The van der Waals surface area contributed by atoms with E-state index < -0.39 is 22.5 Å². The van der Waals surface area contributed by atoms with Crippen molar-refractivity contribution in [3.05, 3.63) is 24.3 Å².